The Labute approximate surface area is 145 Å². The van der Waals surface area contributed by atoms with Gasteiger partial charge in [-0.15, -0.1) is 0 Å². The van der Waals surface area contributed by atoms with E-state index in [9.17, 15) is 18.0 Å². The molecule has 8 heteroatoms. The zero-order valence-electron chi connectivity index (χ0n) is 12.6. The highest BCUT2D eigenvalue weighted by Crippen LogP contribution is 2.31. The van der Waals surface area contributed by atoms with Gasteiger partial charge in [0, 0.05) is 11.1 Å². The number of carbonyl (C=O) groups is 1. The van der Waals surface area contributed by atoms with Gasteiger partial charge in [0.05, 0.1) is 23.8 Å². The lowest BCUT2D eigenvalue weighted by atomic mass is 10.1. The monoisotopic (exact) mass is 361 g/mol. The van der Waals surface area contributed by atoms with Crippen molar-refractivity contribution in [2.24, 2.45) is 0 Å². The molecule has 0 atom stereocenters. The van der Waals surface area contributed by atoms with Gasteiger partial charge < -0.3 is 5.32 Å². The Bertz CT molecular complexity index is 986. The first-order valence-electron chi connectivity index (χ1n) is 7.11. The molecule has 0 aliphatic rings. The molecule has 25 heavy (non-hydrogen) atoms. The molecule has 0 spiro atoms. The molecule has 0 aliphatic heterocycles. The molecule has 4 nitrogen and oxygen atoms in total. The predicted molar refractivity (Wildman–Crippen MR) is 88.1 cm³/mol. The number of carbonyl (C=O) groups excluding carboxylic acids is 1. The van der Waals surface area contributed by atoms with Crippen LogP contribution in [0.3, 0.4) is 0 Å². The number of aromatic nitrogens is 2. The minimum Gasteiger partial charge on any atom is -0.341 e. The van der Waals surface area contributed by atoms with Crippen LogP contribution in [-0.2, 0) is 6.18 Å². The molecule has 2 aromatic carbocycles. The maximum atomic E-state index is 12.9. The molecule has 1 heterocycles. The zero-order valence-corrected chi connectivity index (χ0v) is 13.4. The van der Waals surface area contributed by atoms with Crippen LogP contribution in [-0.4, -0.2) is 21.2 Å². The van der Waals surface area contributed by atoms with Crippen molar-refractivity contribution < 1.29 is 18.0 Å². The number of amides is 1. The van der Waals surface area contributed by atoms with E-state index in [2.05, 4.69) is 25.9 Å². The molecule has 0 saturated carbocycles. The van der Waals surface area contributed by atoms with Crippen LogP contribution < -0.4 is 5.32 Å². The highest BCUT2D eigenvalue weighted by Gasteiger charge is 2.32. The van der Waals surface area contributed by atoms with Crippen molar-refractivity contribution in [3.8, 4) is 11.8 Å². The average molecular weight is 361 g/mol. The quantitative estimate of drug-likeness (QED) is 0.711. The van der Waals surface area contributed by atoms with E-state index in [0.717, 1.165) is 17.8 Å². The van der Waals surface area contributed by atoms with E-state index in [4.69, 9.17) is 0 Å². The van der Waals surface area contributed by atoms with Crippen LogP contribution >= 0.6 is 11.7 Å². The Morgan fingerprint density at radius 2 is 1.88 bits per heavy atom. The summed E-state index contributed by atoms with van der Waals surface area (Å²) in [4.78, 5) is 12.0. The Hall–Kier alpha value is -2.92. The van der Waals surface area contributed by atoms with Crippen LogP contribution in [0.5, 0.6) is 0 Å². The number of nitrogens with zero attached hydrogens (tertiary/aromatic N) is 2. The molecule has 0 fully saturated rings. The first-order valence-corrected chi connectivity index (χ1v) is 7.84. The molecule has 1 aromatic heterocycles. The van der Waals surface area contributed by atoms with Gasteiger partial charge in [-0.2, -0.15) is 21.9 Å². The van der Waals surface area contributed by atoms with Gasteiger partial charge in [0.1, 0.15) is 11.0 Å². The number of halogens is 3. The number of hydrogen-bond acceptors (Lipinski definition) is 4. The maximum Gasteiger partial charge on any atom is 0.417 e. The summed E-state index contributed by atoms with van der Waals surface area (Å²) in [7, 11) is 0. The van der Waals surface area contributed by atoms with Crippen molar-refractivity contribution in [3.05, 3.63) is 59.2 Å². The number of hydrogen-bond donors (Lipinski definition) is 1. The van der Waals surface area contributed by atoms with Crippen molar-refractivity contribution in [1.29, 1.82) is 0 Å². The normalized spacial score (nSPS) is 11.0. The van der Waals surface area contributed by atoms with E-state index in [1.807, 2.05) is 0 Å². The van der Waals surface area contributed by atoms with E-state index < -0.39 is 11.7 Å². The Balaban J connectivity index is 1.68. The minimum absolute atomic E-state index is 0.0711. The summed E-state index contributed by atoms with van der Waals surface area (Å²) in [6.45, 7) is -0.0711. The molecule has 3 rings (SSSR count). The van der Waals surface area contributed by atoms with Gasteiger partial charge >= 0.3 is 6.18 Å². The molecule has 126 valence electrons. The number of rotatable bonds is 2. The first kappa shape index (κ1) is 16.9. The fourth-order valence-corrected chi connectivity index (χ4v) is 2.65. The first-order chi connectivity index (χ1) is 11.9. The van der Waals surface area contributed by atoms with Gasteiger partial charge in [-0.05, 0) is 30.3 Å². The van der Waals surface area contributed by atoms with Gasteiger partial charge in [-0.1, -0.05) is 24.0 Å². The van der Waals surface area contributed by atoms with Gasteiger partial charge in [-0.3, -0.25) is 4.79 Å². The molecule has 0 bridgehead atoms. The lowest BCUT2D eigenvalue weighted by Crippen LogP contribution is -2.23. The van der Waals surface area contributed by atoms with Gasteiger partial charge in [-0.25, -0.2) is 0 Å². The van der Waals surface area contributed by atoms with Crippen molar-refractivity contribution in [1.82, 2.24) is 14.1 Å². The molecule has 3 aromatic rings. The molecule has 0 radical (unpaired) electrons. The summed E-state index contributed by atoms with van der Waals surface area (Å²) in [6.07, 6.45) is -4.47. The highest BCUT2D eigenvalue weighted by molar-refractivity contribution is 7.00. The van der Waals surface area contributed by atoms with Gasteiger partial charge in [0.25, 0.3) is 5.91 Å². The third-order valence-electron chi connectivity index (χ3n) is 3.31. The van der Waals surface area contributed by atoms with Crippen LogP contribution in [0.2, 0.25) is 0 Å². The molecule has 0 aliphatic carbocycles. The smallest absolute Gasteiger partial charge is 0.341 e. The van der Waals surface area contributed by atoms with E-state index in [-0.39, 0.29) is 18.0 Å². The fraction of sp³-hybridized carbons (Fsp3) is 0.118. The van der Waals surface area contributed by atoms with Crippen molar-refractivity contribution in [2.45, 2.75) is 6.18 Å². The number of fused-ring (bicyclic) bond motifs is 1. The molecular formula is C17H10F3N3OS. The maximum absolute atomic E-state index is 12.9. The lowest BCUT2D eigenvalue weighted by Gasteiger charge is -2.08. The predicted octanol–water partition coefficient (Wildman–Crippen LogP) is 3.49. The van der Waals surface area contributed by atoms with Crippen molar-refractivity contribution >= 4 is 28.7 Å². The Morgan fingerprint density at radius 3 is 2.68 bits per heavy atom. The second-order valence-electron chi connectivity index (χ2n) is 5.00. The second-order valence-corrected chi connectivity index (χ2v) is 5.52. The highest BCUT2D eigenvalue weighted by atomic mass is 32.1. The summed E-state index contributed by atoms with van der Waals surface area (Å²) in [6, 6.07) is 9.93. The molecule has 1 N–H and O–H groups in total. The molecule has 0 unspecified atom stereocenters. The van der Waals surface area contributed by atoms with E-state index in [1.54, 1.807) is 18.2 Å². The van der Waals surface area contributed by atoms with Crippen molar-refractivity contribution in [3.63, 3.8) is 0 Å². The summed E-state index contributed by atoms with van der Waals surface area (Å²) < 4.78 is 46.7. The summed E-state index contributed by atoms with van der Waals surface area (Å²) in [5.74, 6) is 4.60. The lowest BCUT2D eigenvalue weighted by molar-refractivity contribution is -0.137. The van der Waals surface area contributed by atoms with Crippen LogP contribution in [0, 0.1) is 11.8 Å². The Kier molecular flexibility index (Phi) is 4.67. The van der Waals surface area contributed by atoms with Crippen molar-refractivity contribution in [2.75, 3.05) is 6.54 Å². The minimum atomic E-state index is -4.47. The summed E-state index contributed by atoms with van der Waals surface area (Å²) >= 11 is 1.05. The summed E-state index contributed by atoms with van der Waals surface area (Å²) in [5.41, 5.74) is 0.778. The topological polar surface area (TPSA) is 54.9 Å². The SMILES string of the molecule is O=C(NCC#Cc1ccccc1C(F)(F)F)c1ccc2nsnc2c1. The molecule has 0 saturated heterocycles. The number of nitrogens with one attached hydrogen (secondary N) is 1. The van der Waals surface area contributed by atoms with E-state index in [1.165, 1.54) is 18.2 Å². The molecular weight excluding hydrogens is 351 g/mol. The third kappa shape index (κ3) is 3.95. The Morgan fingerprint density at radius 1 is 1.12 bits per heavy atom. The fourth-order valence-electron chi connectivity index (χ4n) is 2.13. The zero-order chi connectivity index (χ0) is 17.9. The largest absolute Gasteiger partial charge is 0.417 e. The third-order valence-corrected chi connectivity index (χ3v) is 3.87. The van der Waals surface area contributed by atoms with E-state index >= 15 is 0 Å². The van der Waals surface area contributed by atoms with E-state index in [0.29, 0.717) is 16.6 Å². The van der Waals surface area contributed by atoms with Crippen LogP contribution in [0.4, 0.5) is 13.2 Å². The summed E-state index contributed by atoms with van der Waals surface area (Å²) in [5, 5.41) is 2.55. The number of alkyl halides is 3. The standard InChI is InChI=1S/C17H10F3N3OS/c18-17(19,20)13-6-2-1-4-11(13)5-3-9-21-16(24)12-7-8-14-15(10-12)23-25-22-14/h1-2,4,6-8,10H,9H2,(H,21,24). The second kappa shape index (κ2) is 6.91. The number of benzene rings is 2. The van der Waals surface area contributed by atoms with Gasteiger partial charge in [0.15, 0.2) is 0 Å². The van der Waals surface area contributed by atoms with Crippen LogP contribution in [0.25, 0.3) is 11.0 Å². The average Bonchev–Trinajstić information content (AvgIpc) is 3.05. The van der Waals surface area contributed by atoms with Crippen LogP contribution in [0.15, 0.2) is 42.5 Å². The van der Waals surface area contributed by atoms with Crippen LogP contribution in [0.1, 0.15) is 21.5 Å². The molecule has 1 amide bonds. The van der Waals surface area contributed by atoms with Gasteiger partial charge in [0.2, 0.25) is 0 Å².